The van der Waals surface area contributed by atoms with E-state index in [2.05, 4.69) is 0 Å². The van der Waals surface area contributed by atoms with Gasteiger partial charge in [-0.15, -0.1) is 0 Å². The van der Waals surface area contributed by atoms with Crippen LogP contribution in [-0.2, 0) is 0 Å². The maximum atomic E-state index is 11.3. The molecule has 0 spiro atoms. The van der Waals surface area contributed by atoms with E-state index in [4.69, 9.17) is 10.5 Å². The van der Waals surface area contributed by atoms with Crippen LogP contribution in [0.25, 0.3) is 0 Å². The predicted octanol–water partition coefficient (Wildman–Crippen LogP) is 2.81. The summed E-state index contributed by atoms with van der Waals surface area (Å²) in [7, 11) is 0. The number of ether oxygens (including phenoxy) is 1. The molecule has 1 heterocycles. The van der Waals surface area contributed by atoms with Crippen molar-refractivity contribution < 1.29 is 9.66 Å². The monoisotopic (exact) mass is 293 g/mol. The van der Waals surface area contributed by atoms with Gasteiger partial charge in [0.15, 0.2) is 0 Å². The Kier molecular flexibility index (Phi) is 3.24. The maximum Gasteiger partial charge on any atom is 0.273 e. The summed E-state index contributed by atoms with van der Waals surface area (Å²) in [5.74, 6) is -0.136. The molecule has 0 aromatic heterocycles. The Morgan fingerprint density at radius 1 is 1.14 bits per heavy atom. The highest BCUT2D eigenvalue weighted by atomic mass is 16.6. The highest BCUT2D eigenvalue weighted by molar-refractivity contribution is 5.59. The molecule has 6 heteroatoms. The Bertz CT molecular complexity index is 837. The lowest BCUT2D eigenvalue weighted by molar-refractivity contribution is -0.385. The number of para-hydroxylation sites is 2. The van der Waals surface area contributed by atoms with Crippen LogP contribution >= 0.6 is 0 Å². The number of nitro groups is 1. The molecule has 2 N–H and O–H groups in total. The largest absolute Gasteiger partial charge is 0.440 e. The number of benzene rings is 2. The number of nitriles is 1. The minimum Gasteiger partial charge on any atom is -0.440 e. The van der Waals surface area contributed by atoms with Crippen LogP contribution in [-0.4, -0.2) is 4.92 Å². The summed E-state index contributed by atoms with van der Waals surface area (Å²) in [5.41, 5.74) is 7.05. The number of nitro benzene ring substituents is 1. The van der Waals surface area contributed by atoms with E-state index < -0.39 is 10.8 Å². The summed E-state index contributed by atoms with van der Waals surface area (Å²) in [4.78, 5) is 10.8. The Morgan fingerprint density at radius 3 is 2.45 bits per heavy atom. The Labute approximate surface area is 126 Å². The van der Waals surface area contributed by atoms with Crippen LogP contribution in [0.2, 0.25) is 0 Å². The first-order chi connectivity index (χ1) is 10.6. The molecule has 6 nitrogen and oxygen atoms in total. The topological polar surface area (TPSA) is 102 Å². The summed E-state index contributed by atoms with van der Waals surface area (Å²) in [6.07, 6.45) is 0. The first-order valence-electron chi connectivity index (χ1n) is 6.53. The van der Waals surface area contributed by atoms with Crippen LogP contribution in [0.4, 0.5) is 5.69 Å². The van der Waals surface area contributed by atoms with Crippen LogP contribution in [0, 0.1) is 21.4 Å². The molecule has 0 bridgehead atoms. The molecular formula is C16H11N3O3. The normalized spacial score (nSPS) is 16.4. The second kappa shape index (κ2) is 5.22. The van der Waals surface area contributed by atoms with Gasteiger partial charge >= 0.3 is 0 Å². The standard InChI is InChI=1S/C16H11N3O3/c17-9-12-15(10-5-1-3-7-13(10)19(20)21)11-6-2-4-8-14(11)22-16(12)18/h1-8,15H,18H2/t15-/m0/s1. The van der Waals surface area contributed by atoms with Gasteiger partial charge in [0.05, 0.1) is 10.8 Å². The molecule has 2 aromatic rings. The van der Waals surface area contributed by atoms with Crippen molar-refractivity contribution in [2.45, 2.75) is 5.92 Å². The summed E-state index contributed by atoms with van der Waals surface area (Å²) in [6, 6.07) is 15.4. The molecule has 0 amide bonds. The molecule has 1 aliphatic rings. The lowest BCUT2D eigenvalue weighted by Gasteiger charge is -2.25. The Balaban J connectivity index is 2.29. The molecule has 0 saturated carbocycles. The maximum absolute atomic E-state index is 11.3. The van der Waals surface area contributed by atoms with E-state index in [9.17, 15) is 15.4 Å². The van der Waals surface area contributed by atoms with Crippen molar-refractivity contribution in [3.8, 4) is 11.8 Å². The SMILES string of the molecule is N#CC1=C(N)Oc2ccccc2[C@@H]1c1ccccc1[N+](=O)[O-]. The zero-order valence-electron chi connectivity index (χ0n) is 11.4. The first kappa shape index (κ1) is 13.6. The number of nitrogens with zero attached hydrogens (tertiary/aromatic N) is 2. The van der Waals surface area contributed by atoms with Gasteiger partial charge in [0.1, 0.15) is 17.4 Å². The molecular weight excluding hydrogens is 282 g/mol. The fraction of sp³-hybridized carbons (Fsp3) is 0.0625. The molecule has 0 radical (unpaired) electrons. The lowest BCUT2D eigenvalue weighted by atomic mass is 9.83. The van der Waals surface area contributed by atoms with E-state index >= 15 is 0 Å². The second-order valence-electron chi connectivity index (χ2n) is 4.78. The van der Waals surface area contributed by atoms with Gasteiger partial charge < -0.3 is 10.5 Å². The van der Waals surface area contributed by atoms with Crippen molar-refractivity contribution in [1.82, 2.24) is 0 Å². The van der Waals surface area contributed by atoms with Gasteiger partial charge in [0, 0.05) is 17.2 Å². The molecule has 22 heavy (non-hydrogen) atoms. The summed E-state index contributed by atoms with van der Waals surface area (Å²) in [5, 5.41) is 20.7. The van der Waals surface area contributed by atoms with Gasteiger partial charge in [-0.05, 0) is 6.07 Å². The number of allylic oxidation sites excluding steroid dienone is 1. The van der Waals surface area contributed by atoms with Gasteiger partial charge in [0.25, 0.3) is 5.69 Å². The van der Waals surface area contributed by atoms with Crippen LogP contribution in [0.5, 0.6) is 5.75 Å². The number of hydrogen-bond donors (Lipinski definition) is 1. The molecule has 0 aliphatic carbocycles. The van der Waals surface area contributed by atoms with Crippen molar-refractivity contribution >= 4 is 5.69 Å². The van der Waals surface area contributed by atoms with E-state index in [-0.39, 0.29) is 17.1 Å². The number of nitrogens with two attached hydrogens (primary N) is 1. The molecule has 0 saturated heterocycles. The Hall–Kier alpha value is -3.33. The van der Waals surface area contributed by atoms with Gasteiger partial charge in [0.2, 0.25) is 5.88 Å². The molecule has 0 unspecified atom stereocenters. The molecule has 108 valence electrons. The second-order valence-corrected chi connectivity index (χ2v) is 4.78. The zero-order chi connectivity index (χ0) is 15.7. The van der Waals surface area contributed by atoms with Crippen molar-refractivity contribution in [2.75, 3.05) is 0 Å². The van der Waals surface area contributed by atoms with Gasteiger partial charge in [-0.3, -0.25) is 10.1 Å². The number of hydrogen-bond acceptors (Lipinski definition) is 5. The molecule has 1 aliphatic heterocycles. The van der Waals surface area contributed by atoms with Gasteiger partial charge in [-0.2, -0.15) is 5.26 Å². The fourth-order valence-corrected chi connectivity index (χ4v) is 2.62. The van der Waals surface area contributed by atoms with E-state index in [1.54, 1.807) is 42.5 Å². The fourth-order valence-electron chi connectivity index (χ4n) is 2.62. The smallest absolute Gasteiger partial charge is 0.273 e. The molecule has 0 fully saturated rings. The van der Waals surface area contributed by atoms with Crippen LogP contribution in [0.15, 0.2) is 60.0 Å². The van der Waals surface area contributed by atoms with E-state index in [0.717, 1.165) is 0 Å². The first-order valence-corrected chi connectivity index (χ1v) is 6.53. The Morgan fingerprint density at radius 2 is 1.77 bits per heavy atom. The summed E-state index contributed by atoms with van der Waals surface area (Å²) in [6.45, 7) is 0. The third kappa shape index (κ3) is 2.05. The zero-order valence-corrected chi connectivity index (χ0v) is 11.4. The van der Waals surface area contributed by atoms with Gasteiger partial charge in [-0.25, -0.2) is 0 Å². The predicted molar refractivity (Wildman–Crippen MR) is 78.8 cm³/mol. The summed E-state index contributed by atoms with van der Waals surface area (Å²) >= 11 is 0. The average Bonchev–Trinajstić information content (AvgIpc) is 2.53. The third-order valence-corrected chi connectivity index (χ3v) is 3.57. The highest BCUT2D eigenvalue weighted by Crippen LogP contribution is 2.44. The number of rotatable bonds is 2. The highest BCUT2D eigenvalue weighted by Gasteiger charge is 2.34. The van der Waals surface area contributed by atoms with Crippen molar-refractivity contribution in [3.63, 3.8) is 0 Å². The third-order valence-electron chi connectivity index (χ3n) is 3.57. The van der Waals surface area contributed by atoms with E-state index in [0.29, 0.717) is 16.9 Å². The molecule has 1 atom stereocenters. The quantitative estimate of drug-likeness (QED) is 0.677. The minimum atomic E-state index is -0.614. The van der Waals surface area contributed by atoms with Crippen molar-refractivity contribution in [2.24, 2.45) is 5.73 Å². The minimum absolute atomic E-state index is 0.0237. The van der Waals surface area contributed by atoms with Crippen LogP contribution in [0.3, 0.4) is 0 Å². The summed E-state index contributed by atoms with van der Waals surface area (Å²) < 4.78 is 5.45. The molecule has 2 aromatic carbocycles. The lowest BCUT2D eigenvalue weighted by Crippen LogP contribution is -2.21. The molecule has 3 rings (SSSR count). The van der Waals surface area contributed by atoms with E-state index in [1.807, 2.05) is 6.07 Å². The van der Waals surface area contributed by atoms with Crippen LogP contribution < -0.4 is 10.5 Å². The average molecular weight is 293 g/mol. The van der Waals surface area contributed by atoms with Gasteiger partial charge in [-0.1, -0.05) is 36.4 Å². The van der Waals surface area contributed by atoms with Crippen LogP contribution in [0.1, 0.15) is 17.0 Å². The van der Waals surface area contributed by atoms with E-state index in [1.165, 1.54) is 6.07 Å². The van der Waals surface area contributed by atoms with Crippen molar-refractivity contribution in [1.29, 1.82) is 5.26 Å². The number of fused-ring (bicyclic) bond motifs is 1. The van der Waals surface area contributed by atoms with Crippen molar-refractivity contribution in [3.05, 3.63) is 81.2 Å².